The summed E-state index contributed by atoms with van der Waals surface area (Å²) in [5.74, 6) is 0.630. The van der Waals surface area contributed by atoms with Crippen molar-refractivity contribution in [3.63, 3.8) is 0 Å². The Morgan fingerprint density at radius 2 is 1.96 bits per heavy atom. The van der Waals surface area contributed by atoms with Gasteiger partial charge in [0.1, 0.15) is 0 Å². The first-order chi connectivity index (χ1) is 11.1. The number of amides is 2. The normalized spacial score (nSPS) is 15.1. The summed E-state index contributed by atoms with van der Waals surface area (Å²) in [6, 6.07) is 8.64. The van der Waals surface area contributed by atoms with Crippen LogP contribution in [0.15, 0.2) is 24.3 Å². The van der Waals surface area contributed by atoms with Crippen molar-refractivity contribution in [1.29, 1.82) is 0 Å². The summed E-state index contributed by atoms with van der Waals surface area (Å²) < 4.78 is 0. The van der Waals surface area contributed by atoms with E-state index in [1.165, 1.54) is 5.56 Å². The molecular formula is C19H31N3O. The molecule has 1 atom stereocenters. The SMILES string of the molecule is CCN(CC)C(CNC(=O)N1CCc2ccccc21)CC(C)C. The Bertz CT molecular complexity index is 511. The van der Waals surface area contributed by atoms with Crippen molar-refractivity contribution in [3.8, 4) is 0 Å². The second-order valence-electron chi connectivity index (χ2n) is 6.72. The van der Waals surface area contributed by atoms with Crippen molar-refractivity contribution in [2.24, 2.45) is 5.92 Å². The van der Waals surface area contributed by atoms with Crippen molar-refractivity contribution in [2.75, 3.05) is 31.1 Å². The van der Waals surface area contributed by atoms with Gasteiger partial charge in [0.25, 0.3) is 0 Å². The molecule has 23 heavy (non-hydrogen) atoms. The highest BCUT2D eigenvalue weighted by Gasteiger charge is 2.25. The van der Waals surface area contributed by atoms with Crippen LogP contribution in [-0.4, -0.2) is 43.2 Å². The lowest BCUT2D eigenvalue weighted by molar-refractivity contribution is 0.185. The Kier molecular flexibility index (Phi) is 6.46. The number of rotatable bonds is 7. The van der Waals surface area contributed by atoms with E-state index in [0.717, 1.165) is 44.7 Å². The molecule has 0 saturated carbocycles. The fourth-order valence-electron chi connectivity index (χ4n) is 3.50. The molecule has 0 aromatic heterocycles. The number of para-hydroxylation sites is 1. The number of nitrogens with zero attached hydrogens (tertiary/aromatic N) is 2. The van der Waals surface area contributed by atoms with Gasteiger partial charge in [-0.3, -0.25) is 9.80 Å². The molecule has 128 valence electrons. The topological polar surface area (TPSA) is 35.6 Å². The lowest BCUT2D eigenvalue weighted by Crippen LogP contribution is -2.48. The number of carbonyl (C=O) groups excluding carboxylic acids is 1. The van der Waals surface area contributed by atoms with E-state index in [1.807, 2.05) is 23.1 Å². The molecule has 0 saturated heterocycles. The van der Waals surface area contributed by atoms with E-state index < -0.39 is 0 Å². The molecule has 0 spiro atoms. The number of hydrogen-bond acceptors (Lipinski definition) is 2. The van der Waals surface area contributed by atoms with Crippen LogP contribution in [0.3, 0.4) is 0 Å². The molecule has 0 aliphatic carbocycles. The Morgan fingerprint density at radius 1 is 1.26 bits per heavy atom. The average molecular weight is 317 g/mol. The van der Waals surface area contributed by atoms with Gasteiger partial charge in [-0.2, -0.15) is 0 Å². The van der Waals surface area contributed by atoms with E-state index in [2.05, 4.69) is 44.0 Å². The number of nitrogens with one attached hydrogen (secondary N) is 1. The van der Waals surface area contributed by atoms with Gasteiger partial charge in [0, 0.05) is 24.8 Å². The molecule has 1 N–H and O–H groups in total. The van der Waals surface area contributed by atoms with Gasteiger partial charge in [-0.05, 0) is 43.5 Å². The van der Waals surface area contributed by atoms with E-state index in [4.69, 9.17) is 0 Å². The predicted octanol–water partition coefficient (Wildman–Crippen LogP) is 3.52. The van der Waals surface area contributed by atoms with Gasteiger partial charge in [-0.1, -0.05) is 45.9 Å². The third-order valence-electron chi connectivity index (χ3n) is 4.69. The van der Waals surface area contributed by atoms with Crippen molar-refractivity contribution in [2.45, 2.75) is 46.6 Å². The maximum atomic E-state index is 12.6. The molecule has 1 unspecified atom stereocenters. The van der Waals surface area contributed by atoms with Crippen LogP contribution in [-0.2, 0) is 6.42 Å². The zero-order chi connectivity index (χ0) is 16.8. The third-order valence-corrected chi connectivity index (χ3v) is 4.69. The quantitative estimate of drug-likeness (QED) is 0.835. The van der Waals surface area contributed by atoms with Gasteiger partial charge < -0.3 is 5.32 Å². The molecule has 1 aromatic carbocycles. The number of fused-ring (bicyclic) bond motifs is 1. The van der Waals surface area contributed by atoms with E-state index in [1.54, 1.807) is 0 Å². The van der Waals surface area contributed by atoms with Crippen LogP contribution in [0.4, 0.5) is 10.5 Å². The third kappa shape index (κ3) is 4.47. The number of urea groups is 1. The van der Waals surface area contributed by atoms with Crippen molar-refractivity contribution in [1.82, 2.24) is 10.2 Å². The first-order valence-corrected chi connectivity index (χ1v) is 8.94. The summed E-state index contributed by atoms with van der Waals surface area (Å²) in [6.45, 7) is 12.4. The number of carbonyl (C=O) groups is 1. The molecule has 0 radical (unpaired) electrons. The molecule has 1 aliphatic rings. The van der Waals surface area contributed by atoms with Gasteiger partial charge >= 0.3 is 6.03 Å². The maximum absolute atomic E-state index is 12.6. The monoisotopic (exact) mass is 317 g/mol. The highest BCUT2D eigenvalue weighted by atomic mass is 16.2. The highest BCUT2D eigenvalue weighted by molar-refractivity contribution is 5.94. The summed E-state index contributed by atoms with van der Waals surface area (Å²) in [7, 11) is 0. The number of hydrogen-bond donors (Lipinski definition) is 1. The van der Waals surface area contributed by atoms with Crippen LogP contribution >= 0.6 is 0 Å². The molecule has 4 heteroatoms. The predicted molar refractivity (Wildman–Crippen MR) is 97.1 cm³/mol. The van der Waals surface area contributed by atoms with Gasteiger partial charge in [0.15, 0.2) is 0 Å². The fraction of sp³-hybridized carbons (Fsp3) is 0.632. The summed E-state index contributed by atoms with van der Waals surface area (Å²) >= 11 is 0. The van der Waals surface area contributed by atoms with Crippen LogP contribution in [0.25, 0.3) is 0 Å². The summed E-state index contributed by atoms with van der Waals surface area (Å²) in [5, 5.41) is 3.17. The fourth-order valence-corrected chi connectivity index (χ4v) is 3.50. The number of anilines is 1. The molecule has 1 heterocycles. The van der Waals surface area contributed by atoms with E-state index in [0.29, 0.717) is 12.0 Å². The smallest absolute Gasteiger partial charge is 0.321 e. The van der Waals surface area contributed by atoms with Gasteiger partial charge in [-0.25, -0.2) is 4.79 Å². The number of likely N-dealkylation sites (N-methyl/N-ethyl adjacent to an activating group) is 1. The second kappa shape index (κ2) is 8.34. The van der Waals surface area contributed by atoms with Crippen molar-refractivity contribution >= 4 is 11.7 Å². The van der Waals surface area contributed by atoms with Gasteiger partial charge in [-0.15, -0.1) is 0 Å². The van der Waals surface area contributed by atoms with Crippen molar-refractivity contribution < 1.29 is 4.79 Å². The van der Waals surface area contributed by atoms with E-state index in [-0.39, 0.29) is 6.03 Å². The molecule has 1 aromatic rings. The zero-order valence-corrected chi connectivity index (χ0v) is 15.0. The molecule has 4 nitrogen and oxygen atoms in total. The largest absolute Gasteiger partial charge is 0.336 e. The lowest BCUT2D eigenvalue weighted by atomic mass is 10.0. The average Bonchev–Trinajstić information content (AvgIpc) is 2.97. The minimum atomic E-state index is 0.0378. The van der Waals surface area contributed by atoms with E-state index in [9.17, 15) is 4.79 Å². The Balaban J connectivity index is 1.96. The molecule has 2 amide bonds. The zero-order valence-electron chi connectivity index (χ0n) is 15.0. The van der Waals surface area contributed by atoms with E-state index >= 15 is 0 Å². The highest BCUT2D eigenvalue weighted by Crippen LogP contribution is 2.27. The second-order valence-corrected chi connectivity index (χ2v) is 6.72. The molecule has 1 aliphatic heterocycles. The molecule has 0 fully saturated rings. The minimum Gasteiger partial charge on any atom is -0.336 e. The Hall–Kier alpha value is -1.55. The van der Waals surface area contributed by atoms with Crippen LogP contribution in [0.5, 0.6) is 0 Å². The van der Waals surface area contributed by atoms with Crippen LogP contribution in [0, 0.1) is 5.92 Å². The lowest BCUT2D eigenvalue weighted by Gasteiger charge is -2.31. The summed E-state index contributed by atoms with van der Waals surface area (Å²) in [6.07, 6.45) is 2.06. The summed E-state index contributed by atoms with van der Waals surface area (Å²) in [5.41, 5.74) is 2.33. The first-order valence-electron chi connectivity index (χ1n) is 8.94. The van der Waals surface area contributed by atoms with Gasteiger partial charge in [0.05, 0.1) is 0 Å². The van der Waals surface area contributed by atoms with Crippen LogP contribution in [0.1, 0.15) is 39.7 Å². The van der Waals surface area contributed by atoms with Crippen LogP contribution in [0.2, 0.25) is 0 Å². The molecule has 0 bridgehead atoms. The standard InChI is InChI=1S/C19H31N3O/c1-5-21(6-2)17(13-15(3)4)14-20-19(23)22-12-11-16-9-7-8-10-18(16)22/h7-10,15,17H,5-6,11-14H2,1-4H3,(H,20,23). The van der Waals surface area contributed by atoms with Gasteiger partial charge in [0.2, 0.25) is 0 Å². The Labute approximate surface area is 140 Å². The molecular weight excluding hydrogens is 286 g/mol. The van der Waals surface area contributed by atoms with Crippen molar-refractivity contribution in [3.05, 3.63) is 29.8 Å². The Morgan fingerprint density at radius 3 is 2.61 bits per heavy atom. The first kappa shape index (κ1) is 17.8. The maximum Gasteiger partial charge on any atom is 0.321 e. The minimum absolute atomic E-state index is 0.0378. The summed E-state index contributed by atoms with van der Waals surface area (Å²) in [4.78, 5) is 16.9. The number of benzene rings is 1. The van der Waals surface area contributed by atoms with Crippen LogP contribution < -0.4 is 10.2 Å². The molecule has 2 rings (SSSR count).